The molecule has 0 radical (unpaired) electrons. The highest BCUT2D eigenvalue weighted by molar-refractivity contribution is 6.08. The molecule has 1 aliphatic carbocycles. The van der Waals surface area contributed by atoms with Gasteiger partial charge < -0.3 is 15.3 Å². The molecular formula is C17H27N3O4. The highest BCUT2D eigenvalue weighted by Crippen LogP contribution is 2.39. The van der Waals surface area contributed by atoms with E-state index in [0.29, 0.717) is 19.3 Å². The number of hydrogen-bond acceptors (Lipinski definition) is 4. The zero-order valence-corrected chi connectivity index (χ0v) is 14.5. The largest absolute Gasteiger partial charge is 0.394 e. The maximum absolute atomic E-state index is 12.8. The van der Waals surface area contributed by atoms with Gasteiger partial charge in [0.1, 0.15) is 12.1 Å². The Morgan fingerprint density at radius 2 is 2.00 bits per heavy atom. The number of carbonyl (C=O) groups is 3. The van der Waals surface area contributed by atoms with Crippen LogP contribution in [-0.4, -0.2) is 64.5 Å². The van der Waals surface area contributed by atoms with Crippen molar-refractivity contribution >= 4 is 17.8 Å². The zero-order chi connectivity index (χ0) is 17.7. The van der Waals surface area contributed by atoms with Crippen molar-refractivity contribution in [2.75, 3.05) is 20.2 Å². The maximum Gasteiger partial charge on any atom is 0.327 e. The minimum atomic E-state index is -0.767. The molecule has 2 fully saturated rings. The standard InChI is InChI=1S/C17H27N3O4/c1-3-4-8-13(12-21)18-14(22)11-20-15(23)17(19(2)16(20)24)9-6-5-7-10-17/h3-4,13,21H,5-12H2,1-2H3,(H,18,22)/b4-3+. The highest BCUT2D eigenvalue weighted by atomic mass is 16.3. The molecule has 4 amide bonds. The Balaban J connectivity index is 2.02. The van der Waals surface area contributed by atoms with Gasteiger partial charge in [-0.25, -0.2) is 4.79 Å². The van der Waals surface area contributed by atoms with Crippen LogP contribution in [0.3, 0.4) is 0 Å². The molecule has 7 nitrogen and oxygen atoms in total. The van der Waals surface area contributed by atoms with Crippen LogP contribution < -0.4 is 5.32 Å². The van der Waals surface area contributed by atoms with E-state index in [4.69, 9.17) is 0 Å². The summed E-state index contributed by atoms with van der Waals surface area (Å²) < 4.78 is 0. The van der Waals surface area contributed by atoms with Gasteiger partial charge in [0.15, 0.2) is 0 Å². The summed E-state index contributed by atoms with van der Waals surface area (Å²) in [5, 5.41) is 12.0. The van der Waals surface area contributed by atoms with Gasteiger partial charge >= 0.3 is 6.03 Å². The Morgan fingerprint density at radius 3 is 2.58 bits per heavy atom. The number of aliphatic hydroxyl groups is 1. The molecule has 24 heavy (non-hydrogen) atoms. The van der Waals surface area contributed by atoms with E-state index in [9.17, 15) is 19.5 Å². The van der Waals surface area contributed by atoms with E-state index in [1.807, 2.05) is 19.1 Å². The summed E-state index contributed by atoms with van der Waals surface area (Å²) in [6.45, 7) is 1.37. The fourth-order valence-corrected chi connectivity index (χ4v) is 3.57. The van der Waals surface area contributed by atoms with Crippen LogP contribution in [0.5, 0.6) is 0 Å². The molecule has 2 N–H and O–H groups in total. The summed E-state index contributed by atoms with van der Waals surface area (Å²) >= 11 is 0. The van der Waals surface area contributed by atoms with Crippen molar-refractivity contribution in [1.82, 2.24) is 15.1 Å². The van der Waals surface area contributed by atoms with E-state index in [-0.39, 0.29) is 19.1 Å². The normalized spacial score (nSPS) is 21.8. The number of urea groups is 1. The SMILES string of the molecule is C/C=C/CC(CO)NC(=O)CN1C(=O)N(C)C2(CCCCC2)C1=O. The third-order valence-electron chi connectivity index (χ3n) is 5.03. The average Bonchev–Trinajstić information content (AvgIpc) is 2.75. The van der Waals surface area contributed by atoms with Gasteiger partial charge in [0, 0.05) is 7.05 Å². The minimum Gasteiger partial charge on any atom is -0.394 e. The van der Waals surface area contributed by atoms with Gasteiger partial charge in [-0.2, -0.15) is 0 Å². The third-order valence-corrected chi connectivity index (χ3v) is 5.03. The van der Waals surface area contributed by atoms with Gasteiger partial charge in [0.05, 0.1) is 12.6 Å². The summed E-state index contributed by atoms with van der Waals surface area (Å²) in [6, 6.07) is -0.825. The van der Waals surface area contributed by atoms with Crippen LogP contribution in [0.4, 0.5) is 4.79 Å². The molecule has 7 heteroatoms. The van der Waals surface area contributed by atoms with Crippen molar-refractivity contribution in [1.29, 1.82) is 0 Å². The van der Waals surface area contributed by atoms with E-state index in [1.165, 1.54) is 4.90 Å². The van der Waals surface area contributed by atoms with Gasteiger partial charge in [-0.05, 0) is 26.2 Å². The Bertz CT molecular complexity index is 526. The molecule has 0 aromatic carbocycles. The molecule has 1 saturated heterocycles. The lowest BCUT2D eigenvalue weighted by atomic mass is 9.81. The van der Waals surface area contributed by atoms with Gasteiger partial charge in [-0.15, -0.1) is 0 Å². The van der Waals surface area contributed by atoms with Crippen molar-refractivity contribution in [3.05, 3.63) is 12.2 Å². The van der Waals surface area contributed by atoms with Gasteiger partial charge in [0.2, 0.25) is 5.91 Å². The second-order valence-electron chi connectivity index (χ2n) is 6.58. The number of carbonyl (C=O) groups excluding carboxylic acids is 3. The smallest absolute Gasteiger partial charge is 0.327 e. The highest BCUT2D eigenvalue weighted by Gasteiger charge is 2.55. The summed E-state index contributed by atoms with van der Waals surface area (Å²) in [4.78, 5) is 40.0. The van der Waals surface area contributed by atoms with Crippen molar-refractivity contribution < 1.29 is 19.5 Å². The first-order chi connectivity index (χ1) is 11.5. The number of amides is 4. The fourth-order valence-electron chi connectivity index (χ4n) is 3.57. The average molecular weight is 337 g/mol. The van der Waals surface area contributed by atoms with Crippen LogP contribution in [0.15, 0.2) is 12.2 Å². The van der Waals surface area contributed by atoms with Crippen molar-refractivity contribution in [2.24, 2.45) is 0 Å². The quantitative estimate of drug-likeness (QED) is 0.559. The van der Waals surface area contributed by atoms with Crippen LogP contribution in [0.2, 0.25) is 0 Å². The third kappa shape index (κ3) is 3.45. The van der Waals surface area contributed by atoms with Crippen molar-refractivity contribution in [2.45, 2.75) is 57.0 Å². The second-order valence-corrected chi connectivity index (χ2v) is 6.58. The number of allylic oxidation sites excluding steroid dienone is 1. The van der Waals surface area contributed by atoms with Crippen molar-refractivity contribution in [3.63, 3.8) is 0 Å². The summed E-state index contributed by atoms with van der Waals surface area (Å²) in [5.41, 5.74) is -0.767. The van der Waals surface area contributed by atoms with E-state index < -0.39 is 23.5 Å². The molecule has 1 heterocycles. The first-order valence-corrected chi connectivity index (χ1v) is 8.57. The molecule has 0 aromatic rings. The first-order valence-electron chi connectivity index (χ1n) is 8.57. The first kappa shape index (κ1) is 18.4. The Labute approximate surface area is 142 Å². The molecule has 134 valence electrons. The Morgan fingerprint density at radius 1 is 1.33 bits per heavy atom. The summed E-state index contributed by atoms with van der Waals surface area (Å²) in [5.74, 6) is -0.694. The predicted octanol–water partition coefficient (Wildman–Crippen LogP) is 1.03. The molecule has 1 saturated carbocycles. The molecule has 2 rings (SSSR count). The van der Waals surface area contributed by atoms with Gasteiger partial charge in [-0.1, -0.05) is 31.4 Å². The van der Waals surface area contributed by atoms with E-state index in [1.54, 1.807) is 7.05 Å². The lowest BCUT2D eigenvalue weighted by molar-refractivity contribution is -0.137. The van der Waals surface area contributed by atoms with E-state index in [0.717, 1.165) is 24.2 Å². The van der Waals surface area contributed by atoms with Gasteiger partial charge in [0.25, 0.3) is 5.91 Å². The van der Waals surface area contributed by atoms with Crippen LogP contribution in [-0.2, 0) is 9.59 Å². The maximum atomic E-state index is 12.8. The van der Waals surface area contributed by atoms with E-state index in [2.05, 4.69) is 5.32 Å². The monoisotopic (exact) mass is 337 g/mol. The van der Waals surface area contributed by atoms with Crippen LogP contribution in [0.1, 0.15) is 45.4 Å². The number of likely N-dealkylation sites (N-methyl/N-ethyl adjacent to an activating group) is 1. The molecule has 1 spiro atoms. The second kappa shape index (κ2) is 7.79. The molecular weight excluding hydrogens is 310 g/mol. The lowest BCUT2D eigenvalue weighted by Gasteiger charge is -2.35. The van der Waals surface area contributed by atoms with E-state index >= 15 is 0 Å². The molecule has 1 unspecified atom stereocenters. The fraction of sp³-hybridized carbons (Fsp3) is 0.706. The molecule has 1 aliphatic heterocycles. The number of imide groups is 1. The number of nitrogens with one attached hydrogen (secondary N) is 1. The Kier molecular flexibility index (Phi) is 5.99. The number of hydrogen-bond donors (Lipinski definition) is 2. The lowest BCUT2D eigenvalue weighted by Crippen LogP contribution is -2.50. The van der Waals surface area contributed by atoms with Crippen LogP contribution in [0.25, 0.3) is 0 Å². The van der Waals surface area contributed by atoms with Gasteiger partial charge in [-0.3, -0.25) is 14.5 Å². The number of rotatable bonds is 6. The zero-order valence-electron chi connectivity index (χ0n) is 14.5. The number of aliphatic hydroxyl groups excluding tert-OH is 1. The molecule has 1 atom stereocenters. The Hall–Kier alpha value is -1.89. The molecule has 0 aromatic heterocycles. The minimum absolute atomic E-state index is 0.193. The van der Waals surface area contributed by atoms with Crippen LogP contribution in [0, 0.1) is 0 Å². The molecule has 2 aliphatic rings. The summed E-state index contributed by atoms with van der Waals surface area (Å²) in [7, 11) is 1.64. The van der Waals surface area contributed by atoms with Crippen LogP contribution >= 0.6 is 0 Å². The number of nitrogens with zero attached hydrogens (tertiary/aromatic N) is 2. The summed E-state index contributed by atoms with van der Waals surface area (Å²) in [6.07, 6.45) is 8.41. The molecule has 0 bridgehead atoms. The topological polar surface area (TPSA) is 89.9 Å². The van der Waals surface area contributed by atoms with Crippen molar-refractivity contribution in [3.8, 4) is 0 Å². The predicted molar refractivity (Wildman–Crippen MR) is 89.1 cm³/mol.